The summed E-state index contributed by atoms with van der Waals surface area (Å²) < 4.78 is 18.6. The van der Waals surface area contributed by atoms with Crippen molar-refractivity contribution in [3.8, 4) is 5.75 Å². The number of rotatable bonds is 4. The standard InChI is InChI=1S/C12H13FN2OS/c1-8-15-6-11(17-8)7-16-12-3-2-10(13)4-9(12)5-14/h2-4,6H,5,7,14H2,1H3. The molecule has 2 aromatic rings. The van der Waals surface area contributed by atoms with Gasteiger partial charge in [-0.3, -0.25) is 0 Å². The number of aromatic nitrogens is 1. The first-order chi connectivity index (χ1) is 8.19. The first-order valence-electron chi connectivity index (χ1n) is 5.21. The van der Waals surface area contributed by atoms with Crippen molar-refractivity contribution < 1.29 is 9.13 Å². The lowest BCUT2D eigenvalue weighted by Gasteiger charge is -2.09. The average Bonchev–Trinajstić information content (AvgIpc) is 2.73. The summed E-state index contributed by atoms with van der Waals surface area (Å²) in [6.07, 6.45) is 1.78. The van der Waals surface area contributed by atoms with Crippen LogP contribution in [0.15, 0.2) is 24.4 Å². The summed E-state index contributed by atoms with van der Waals surface area (Å²) in [5.41, 5.74) is 6.21. The van der Waals surface area contributed by atoms with E-state index in [1.807, 2.05) is 6.92 Å². The van der Waals surface area contributed by atoms with Crippen LogP contribution >= 0.6 is 11.3 Å². The van der Waals surface area contributed by atoms with E-state index in [-0.39, 0.29) is 12.4 Å². The summed E-state index contributed by atoms with van der Waals surface area (Å²) in [4.78, 5) is 5.18. The number of hydrogen-bond donors (Lipinski definition) is 1. The number of nitrogens with two attached hydrogens (primary N) is 1. The van der Waals surface area contributed by atoms with E-state index in [1.165, 1.54) is 12.1 Å². The Balaban J connectivity index is 2.08. The molecule has 0 aliphatic rings. The SMILES string of the molecule is Cc1ncc(COc2ccc(F)cc2CN)s1. The highest BCUT2D eigenvalue weighted by molar-refractivity contribution is 7.11. The van der Waals surface area contributed by atoms with Gasteiger partial charge in [0.05, 0.1) is 9.88 Å². The Morgan fingerprint density at radius 3 is 2.94 bits per heavy atom. The molecule has 0 spiro atoms. The Hall–Kier alpha value is -1.46. The van der Waals surface area contributed by atoms with Gasteiger partial charge in [-0.25, -0.2) is 9.37 Å². The molecule has 0 atom stereocenters. The van der Waals surface area contributed by atoms with E-state index in [0.29, 0.717) is 17.9 Å². The fourth-order valence-corrected chi connectivity index (χ4v) is 2.18. The summed E-state index contributed by atoms with van der Waals surface area (Å²) in [5, 5.41) is 1.00. The molecule has 0 amide bonds. The van der Waals surface area contributed by atoms with E-state index >= 15 is 0 Å². The van der Waals surface area contributed by atoms with E-state index in [0.717, 1.165) is 9.88 Å². The highest BCUT2D eigenvalue weighted by atomic mass is 32.1. The predicted octanol–water partition coefficient (Wildman–Crippen LogP) is 2.63. The number of benzene rings is 1. The van der Waals surface area contributed by atoms with E-state index in [1.54, 1.807) is 23.6 Å². The molecule has 90 valence electrons. The molecule has 0 unspecified atom stereocenters. The van der Waals surface area contributed by atoms with E-state index < -0.39 is 0 Å². The Morgan fingerprint density at radius 2 is 2.29 bits per heavy atom. The molecule has 3 nitrogen and oxygen atoms in total. The van der Waals surface area contributed by atoms with Crippen LogP contribution in [0.2, 0.25) is 0 Å². The summed E-state index contributed by atoms with van der Waals surface area (Å²) in [5.74, 6) is 0.325. The maximum Gasteiger partial charge on any atom is 0.124 e. The summed E-state index contributed by atoms with van der Waals surface area (Å²) >= 11 is 1.58. The average molecular weight is 252 g/mol. The molecule has 17 heavy (non-hydrogen) atoms. The van der Waals surface area contributed by atoms with Crippen LogP contribution in [-0.2, 0) is 13.2 Å². The molecular formula is C12H13FN2OS. The third-order valence-electron chi connectivity index (χ3n) is 2.28. The maximum atomic E-state index is 13.0. The lowest BCUT2D eigenvalue weighted by molar-refractivity contribution is 0.305. The fraction of sp³-hybridized carbons (Fsp3) is 0.250. The van der Waals surface area contributed by atoms with Crippen LogP contribution in [0, 0.1) is 12.7 Å². The first kappa shape index (κ1) is 12.0. The lowest BCUT2D eigenvalue weighted by atomic mass is 10.2. The first-order valence-corrected chi connectivity index (χ1v) is 6.03. The molecule has 0 aliphatic carbocycles. The smallest absolute Gasteiger partial charge is 0.124 e. The molecule has 1 heterocycles. The topological polar surface area (TPSA) is 48.1 Å². The zero-order valence-electron chi connectivity index (χ0n) is 9.44. The van der Waals surface area contributed by atoms with Crippen LogP contribution in [0.3, 0.4) is 0 Å². The van der Waals surface area contributed by atoms with E-state index in [2.05, 4.69) is 4.98 Å². The van der Waals surface area contributed by atoms with Crippen LogP contribution in [0.5, 0.6) is 5.75 Å². The van der Waals surface area contributed by atoms with Crippen LogP contribution in [-0.4, -0.2) is 4.98 Å². The minimum absolute atomic E-state index is 0.259. The van der Waals surface area contributed by atoms with Gasteiger partial charge in [-0.1, -0.05) is 0 Å². The Kier molecular flexibility index (Phi) is 3.71. The molecule has 0 bridgehead atoms. The number of aryl methyl sites for hydroxylation is 1. The second-order valence-electron chi connectivity index (χ2n) is 3.59. The molecule has 2 N–H and O–H groups in total. The van der Waals surface area contributed by atoms with Crippen molar-refractivity contribution in [3.63, 3.8) is 0 Å². The molecule has 1 aromatic heterocycles. The Bertz CT molecular complexity index is 513. The molecule has 0 fully saturated rings. The van der Waals surface area contributed by atoms with Crippen LogP contribution < -0.4 is 10.5 Å². The van der Waals surface area contributed by atoms with Crippen molar-refractivity contribution >= 4 is 11.3 Å². The van der Waals surface area contributed by atoms with Gasteiger partial charge >= 0.3 is 0 Å². The van der Waals surface area contributed by atoms with Gasteiger partial charge in [0.2, 0.25) is 0 Å². The van der Waals surface area contributed by atoms with E-state index in [9.17, 15) is 4.39 Å². The summed E-state index contributed by atoms with van der Waals surface area (Å²) in [6, 6.07) is 4.37. The maximum absolute atomic E-state index is 13.0. The van der Waals surface area contributed by atoms with Gasteiger partial charge in [0.1, 0.15) is 18.2 Å². The normalized spacial score (nSPS) is 10.5. The Morgan fingerprint density at radius 1 is 1.47 bits per heavy atom. The number of thiazole rings is 1. The lowest BCUT2D eigenvalue weighted by Crippen LogP contribution is -2.02. The van der Waals surface area contributed by atoms with Crippen LogP contribution in [0.25, 0.3) is 0 Å². The second-order valence-corrected chi connectivity index (χ2v) is 4.91. The zero-order valence-corrected chi connectivity index (χ0v) is 10.3. The van der Waals surface area contributed by atoms with Crippen LogP contribution in [0.4, 0.5) is 4.39 Å². The molecule has 2 rings (SSSR count). The molecule has 5 heteroatoms. The van der Waals surface area contributed by atoms with E-state index in [4.69, 9.17) is 10.5 Å². The van der Waals surface area contributed by atoms with Gasteiger partial charge < -0.3 is 10.5 Å². The number of hydrogen-bond acceptors (Lipinski definition) is 4. The Labute approximate surface area is 103 Å². The number of halogens is 1. The molecule has 0 aliphatic heterocycles. The second kappa shape index (κ2) is 5.25. The molecule has 1 aromatic carbocycles. The third-order valence-corrected chi connectivity index (χ3v) is 3.17. The summed E-state index contributed by atoms with van der Waals surface area (Å²) in [7, 11) is 0. The quantitative estimate of drug-likeness (QED) is 0.910. The van der Waals surface area contributed by atoms with Gasteiger partial charge in [-0.05, 0) is 25.1 Å². The third kappa shape index (κ3) is 3.01. The molecular weight excluding hydrogens is 239 g/mol. The van der Waals surface area contributed by atoms with Gasteiger partial charge in [-0.2, -0.15) is 0 Å². The van der Waals surface area contributed by atoms with Crippen molar-refractivity contribution in [2.45, 2.75) is 20.1 Å². The monoisotopic (exact) mass is 252 g/mol. The largest absolute Gasteiger partial charge is 0.488 e. The van der Waals surface area contributed by atoms with Crippen molar-refractivity contribution in [2.24, 2.45) is 5.73 Å². The molecule has 0 radical (unpaired) electrons. The highest BCUT2D eigenvalue weighted by Gasteiger charge is 2.05. The minimum Gasteiger partial charge on any atom is -0.488 e. The molecule has 0 saturated heterocycles. The van der Waals surface area contributed by atoms with Crippen molar-refractivity contribution in [2.75, 3.05) is 0 Å². The number of ether oxygens (including phenoxy) is 1. The highest BCUT2D eigenvalue weighted by Crippen LogP contribution is 2.21. The van der Waals surface area contributed by atoms with Gasteiger partial charge in [0, 0.05) is 18.3 Å². The van der Waals surface area contributed by atoms with Crippen molar-refractivity contribution in [1.82, 2.24) is 4.98 Å². The molecule has 0 saturated carbocycles. The van der Waals surface area contributed by atoms with Crippen molar-refractivity contribution in [3.05, 3.63) is 45.7 Å². The van der Waals surface area contributed by atoms with Crippen LogP contribution in [0.1, 0.15) is 15.4 Å². The number of nitrogens with zero attached hydrogens (tertiary/aromatic N) is 1. The summed E-state index contributed by atoms with van der Waals surface area (Å²) in [6.45, 7) is 2.64. The van der Waals surface area contributed by atoms with Gasteiger partial charge in [0.25, 0.3) is 0 Å². The zero-order chi connectivity index (χ0) is 12.3. The van der Waals surface area contributed by atoms with Gasteiger partial charge in [-0.15, -0.1) is 11.3 Å². The fourth-order valence-electron chi connectivity index (χ4n) is 1.47. The van der Waals surface area contributed by atoms with Gasteiger partial charge in [0.15, 0.2) is 0 Å². The minimum atomic E-state index is -0.300. The van der Waals surface area contributed by atoms with Crippen molar-refractivity contribution in [1.29, 1.82) is 0 Å². The predicted molar refractivity (Wildman–Crippen MR) is 65.5 cm³/mol.